The molecule has 8 rings (SSSR count). The SMILES string of the molecule is C=C=C(CC(C=O)CC1=CC=C2CCCC23CC13)N1CCC(N2Cc3ccccc3NC2=O)CC1.CN1CCC(C2CCNCC2)CC1.[HH]. The Kier molecular flexibility index (Phi) is 10.3. The summed E-state index contributed by atoms with van der Waals surface area (Å²) in [5.74, 6) is 2.73. The monoisotopic (exact) mass is 653 g/mol. The largest absolute Gasteiger partial charge is 0.368 e. The number of fused-ring (bicyclic) bond motifs is 1. The van der Waals surface area contributed by atoms with Crippen LogP contribution in [0, 0.1) is 29.1 Å². The second kappa shape index (κ2) is 14.8. The molecule has 3 unspecified atom stereocenters. The molecule has 3 atom stereocenters. The lowest BCUT2D eigenvalue weighted by Gasteiger charge is -2.41. The van der Waals surface area contributed by atoms with E-state index in [1.54, 1.807) is 5.57 Å². The fourth-order valence-electron chi connectivity index (χ4n) is 10.0. The Bertz CT molecular complexity index is 1450. The van der Waals surface area contributed by atoms with Crippen LogP contribution in [-0.2, 0) is 11.3 Å². The van der Waals surface area contributed by atoms with Crippen molar-refractivity contribution in [2.75, 3.05) is 51.6 Å². The van der Waals surface area contributed by atoms with Gasteiger partial charge >= 0.3 is 6.03 Å². The number of urea groups is 1. The Morgan fingerprint density at radius 2 is 1.81 bits per heavy atom. The number of carbonyl (C=O) groups excluding carboxylic acids is 2. The molecule has 1 spiro atoms. The Morgan fingerprint density at radius 1 is 1.06 bits per heavy atom. The molecule has 3 aliphatic carbocycles. The van der Waals surface area contributed by atoms with Gasteiger partial charge in [0.05, 0.1) is 5.70 Å². The number of carbonyl (C=O) groups is 2. The molecule has 3 saturated heterocycles. The zero-order valence-electron chi connectivity index (χ0n) is 29.2. The molecule has 7 nitrogen and oxygen atoms in total. The van der Waals surface area contributed by atoms with Gasteiger partial charge in [-0.2, -0.15) is 0 Å². The number of allylic oxidation sites excluding steroid dienone is 5. The third kappa shape index (κ3) is 7.11. The fourth-order valence-corrected chi connectivity index (χ4v) is 10.0. The van der Waals surface area contributed by atoms with E-state index in [1.807, 2.05) is 23.1 Å². The number of benzene rings is 1. The Morgan fingerprint density at radius 3 is 2.56 bits per heavy atom. The van der Waals surface area contributed by atoms with Gasteiger partial charge in [-0.1, -0.05) is 48.1 Å². The number of hydrogen-bond donors (Lipinski definition) is 2. The first-order valence-electron chi connectivity index (χ1n) is 19.0. The Balaban J connectivity index is 0.000000250. The van der Waals surface area contributed by atoms with Crippen molar-refractivity contribution < 1.29 is 11.0 Å². The van der Waals surface area contributed by atoms with Gasteiger partial charge in [0, 0.05) is 45.1 Å². The normalized spacial score (nSPS) is 28.4. The lowest BCUT2D eigenvalue weighted by Crippen LogP contribution is -2.50. The van der Waals surface area contributed by atoms with Gasteiger partial charge in [0.2, 0.25) is 0 Å². The molecule has 2 amide bonds. The first-order chi connectivity index (χ1) is 23.5. The third-order valence-electron chi connectivity index (χ3n) is 13.0. The Labute approximate surface area is 290 Å². The summed E-state index contributed by atoms with van der Waals surface area (Å²) in [4.78, 5) is 31.6. The van der Waals surface area contributed by atoms with Crippen molar-refractivity contribution in [3.8, 4) is 0 Å². The molecule has 7 heteroatoms. The van der Waals surface area contributed by atoms with E-state index in [-0.39, 0.29) is 19.4 Å². The maximum absolute atomic E-state index is 12.7. The van der Waals surface area contributed by atoms with Crippen molar-refractivity contribution in [3.05, 3.63) is 71.1 Å². The minimum atomic E-state index is -0.0263. The summed E-state index contributed by atoms with van der Waals surface area (Å²) in [7, 11) is 2.25. The molecule has 5 fully saturated rings. The molecule has 1 aromatic carbocycles. The molecule has 260 valence electrons. The van der Waals surface area contributed by atoms with Crippen molar-refractivity contribution >= 4 is 18.0 Å². The summed E-state index contributed by atoms with van der Waals surface area (Å²) in [6.07, 6.45) is 20.2. The van der Waals surface area contributed by atoms with E-state index in [9.17, 15) is 9.59 Å². The van der Waals surface area contributed by atoms with Gasteiger partial charge in [-0.25, -0.2) is 4.79 Å². The first kappa shape index (κ1) is 33.4. The molecular formula is C41H59N5O2. The standard InChI is InChI=1S/C30H35N3O2.C11H22N2.H2/c1-2-25(17-21(20-34)16-22-9-10-24-7-5-13-30(24)18-27(22)30)32-14-11-26(12-15-32)33-19-23-6-3-4-8-28(23)31-29(33)35;1-13-8-4-11(5-9-13)10-2-6-12-7-3-10;/h3-4,6,8-10,20-21,26-27H,1,5,7,11-19H2,(H,31,35);10-12H,2-9H2,1H3;1H. The predicted octanol–water partition coefficient (Wildman–Crippen LogP) is 7.39. The highest BCUT2D eigenvalue weighted by atomic mass is 16.2. The van der Waals surface area contributed by atoms with Crippen molar-refractivity contribution in [1.82, 2.24) is 20.0 Å². The summed E-state index contributed by atoms with van der Waals surface area (Å²) >= 11 is 0. The van der Waals surface area contributed by atoms with E-state index in [1.165, 1.54) is 88.7 Å². The number of hydrogen-bond acceptors (Lipinski definition) is 5. The zero-order chi connectivity index (χ0) is 33.1. The Hall–Kier alpha value is -3.12. The van der Waals surface area contributed by atoms with Crippen molar-refractivity contribution in [2.45, 2.75) is 89.6 Å². The number of likely N-dealkylation sites (tertiary alicyclic amines) is 2. The second-order valence-corrected chi connectivity index (χ2v) is 15.8. The highest BCUT2D eigenvalue weighted by molar-refractivity contribution is 5.92. The lowest BCUT2D eigenvalue weighted by atomic mass is 9.79. The molecule has 0 bridgehead atoms. The summed E-state index contributed by atoms with van der Waals surface area (Å²) in [6.45, 7) is 11.5. The topological polar surface area (TPSA) is 67.9 Å². The van der Waals surface area contributed by atoms with E-state index in [4.69, 9.17) is 0 Å². The van der Waals surface area contributed by atoms with Crippen molar-refractivity contribution in [1.29, 1.82) is 0 Å². The predicted molar refractivity (Wildman–Crippen MR) is 196 cm³/mol. The molecule has 2 saturated carbocycles. The number of aldehydes is 1. The fraction of sp³-hybridized carbons (Fsp3) is 0.634. The van der Waals surface area contributed by atoms with Crippen LogP contribution < -0.4 is 10.6 Å². The minimum absolute atomic E-state index is 0. The summed E-state index contributed by atoms with van der Waals surface area (Å²) in [5, 5.41) is 6.50. The van der Waals surface area contributed by atoms with Crippen LogP contribution >= 0.6 is 0 Å². The zero-order valence-corrected chi connectivity index (χ0v) is 29.2. The maximum Gasteiger partial charge on any atom is 0.322 e. The highest BCUT2D eigenvalue weighted by Crippen LogP contribution is 2.70. The van der Waals surface area contributed by atoms with Crippen LogP contribution in [0.4, 0.5) is 10.5 Å². The lowest BCUT2D eigenvalue weighted by molar-refractivity contribution is -0.111. The van der Waals surface area contributed by atoms with Gasteiger partial charge < -0.3 is 30.1 Å². The average Bonchev–Trinajstić information content (AvgIpc) is 3.74. The molecule has 0 radical (unpaired) electrons. The molecule has 48 heavy (non-hydrogen) atoms. The molecule has 4 aliphatic heterocycles. The van der Waals surface area contributed by atoms with Gasteiger partial charge in [-0.3, -0.25) is 0 Å². The molecule has 0 aromatic heterocycles. The minimum Gasteiger partial charge on any atom is -0.368 e. The molecular weight excluding hydrogens is 594 g/mol. The van der Waals surface area contributed by atoms with Gasteiger partial charge in [-0.05, 0) is 139 Å². The summed E-state index contributed by atoms with van der Waals surface area (Å²) in [5.41, 5.74) is 9.91. The van der Waals surface area contributed by atoms with Gasteiger partial charge in [0.1, 0.15) is 6.29 Å². The quantitative estimate of drug-likeness (QED) is 0.226. The van der Waals surface area contributed by atoms with Crippen LogP contribution in [0.5, 0.6) is 0 Å². The second-order valence-electron chi connectivity index (χ2n) is 15.8. The van der Waals surface area contributed by atoms with E-state index in [0.717, 1.165) is 61.9 Å². The van der Waals surface area contributed by atoms with E-state index < -0.39 is 0 Å². The maximum atomic E-state index is 12.7. The van der Waals surface area contributed by atoms with E-state index >= 15 is 0 Å². The van der Waals surface area contributed by atoms with Crippen LogP contribution in [0.3, 0.4) is 0 Å². The number of nitrogens with zero attached hydrogens (tertiary/aromatic N) is 3. The number of anilines is 1. The van der Waals surface area contributed by atoms with Crippen molar-refractivity contribution in [3.63, 3.8) is 0 Å². The van der Waals surface area contributed by atoms with Gasteiger partial charge in [-0.15, -0.1) is 5.73 Å². The molecule has 1 aromatic rings. The van der Waals surface area contributed by atoms with Crippen LogP contribution in [0.15, 0.2) is 65.6 Å². The molecule has 2 N–H and O–H groups in total. The first-order valence-corrected chi connectivity index (χ1v) is 19.0. The highest BCUT2D eigenvalue weighted by Gasteiger charge is 2.60. The van der Waals surface area contributed by atoms with Crippen molar-refractivity contribution in [2.24, 2.45) is 29.1 Å². The number of nitrogens with one attached hydrogen (secondary N) is 2. The van der Waals surface area contributed by atoms with Gasteiger partial charge in [0.15, 0.2) is 0 Å². The van der Waals surface area contributed by atoms with Gasteiger partial charge in [0.25, 0.3) is 0 Å². The average molecular weight is 654 g/mol. The number of para-hydroxylation sites is 1. The summed E-state index contributed by atoms with van der Waals surface area (Å²) in [6, 6.07) is 8.26. The van der Waals surface area contributed by atoms with Crippen LogP contribution in [0.1, 0.15) is 84.0 Å². The molecule has 4 heterocycles. The van der Waals surface area contributed by atoms with Crippen LogP contribution in [0.2, 0.25) is 0 Å². The summed E-state index contributed by atoms with van der Waals surface area (Å²) < 4.78 is 0. The molecule has 7 aliphatic rings. The van der Waals surface area contributed by atoms with E-state index in [0.29, 0.717) is 24.3 Å². The van der Waals surface area contributed by atoms with Crippen LogP contribution in [-0.4, -0.2) is 79.4 Å². The number of rotatable bonds is 8. The van der Waals surface area contributed by atoms with E-state index in [2.05, 4.69) is 58.0 Å². The van der Waals surface area contributed by atoms with Crippen LogP contribution in [0.25, 0.3) is 0 Å². The number of amides is 2. The number of piperidine rings is 3. The smallest absolute Gasteiger partial charge is 0.322 e. The third-order valence-corrected chi connectivity index (χ3v) is 13.0.